The van der Waals surface area contributed by atoms with Gasteiger partial charge in [0.25, 0.3) is 11.8 Å². The van der Waals surface area contributed by atoms with Gasteiger partial charge in [-0.2, -0.15) is 0 Å². The van der Waals surface area contributed by atoms with E-state index in [4.69, 9.17) is 9.47 Å². The van der Waals surface area contributed by atoms with E-state index >= 15 is 0 Å². The van der Waals surface area contributed by atoms with Crippen LogP contribution in [0.2, 0.25) is 0 Å². The summed E-state index contributed by atoms with van der Waals surface area (Å²) in [4.78, 5) is 36.2. The zero-order valence-electron chi connectivity index (χ0n) is 13.4. The standard InChI is InChI=1S/C18H19NO5/c1-12(20)13-3-2-4-15(9-13)24-16-11-23-8-7-14(16)10-19-17(21)5-6-18(19)22/h2-6,9,14,16H,7-8,10-11H2,1H3. The molecule has 126 valence electrons. The van der Waals surface area contributed by atoms with Gasteiger partial charge in [-0.25, -0.2) is 0 Å². The van der Waals surface area contributed by atoms with Crippen LogP contribution in [0.25, 0.3) is 0 Å². The number of rotatable bonds is 5. The molecule has 0 spiro atoms. The molecule has 24 heavy (non-hydrogen) atoms. The van der Waals surface area contributed by atoms with Gasteiger partial charge in [0.05, 0.1) is 6.61 Å². The summed E-state index contributed by atoms with van der Waals surface area (Å²) in [6.45, 7) is 2.77. The minimum atomic E-state index is -0.288. The fourth-order valence-electron chi connectivity index (χ4n) is 2.90. The topological polar surface area (TPSA) is 72.9 Å². The molecule has 0 N–H and O–H groups in total. The Bertz CT molecular complexity index is 678. The maximum atomic E-state index is 11.8. The molecule has 6 heteroatoms. The highest BCUT2D eigenvalue weighted by molar-refractivity contribution is 6.12. The van der Waals surface area contributed by atoms with E-state index in [2.05, 4.69) is 0 Å². The van der Waals surface area contributed by atoms with Gasteiger partial charge in [-0.3, -0.25) is 19.3 Å². The molecule has 0 radical (unpaired) electrons. The maximum Gasteiger partial charge on any atom is 0.253 e. The number of nitrogens with zero attached hydrogens (tertiary/aromatic N) is 1. The van der Waals surface area contributed by atoms with Gasteiger partial charge in [-0.1, -0.05) is 12.1 Å². The van der Waals surface area contributed by atoms with E-state index in [0.29, 0.717) is 37.5 Å². The van der Waals surface area contributed by atoms with Crippen molar-refractivity contribution in [1.82, 2.24) is 4.90 Å². The van der Waals surface area contributed by atoms with Crippen molar-refractivity contribution in [2.45, 2.75) is 19.4 Å². The van der Waals surface area contributed by atoms with Crippen LogP contribution in [0, 0.1) is 5.92 Å². The zero-order valence-corrected chi connectivity index (χ0v) is 13.4. The van der Waals surface area contributed by atoms with Crippen molar-refractivity contribution in [2.75, 3.05) is 19.8 Å². The first-order valence-electron chi connectivity index (χ1n) is 7.93. The first-order chi connectivity index (χ1) is 11.5. The lowest BCUT2D eigenvalue weighted by atomic mass is 9.96. The average Bonchev–Trinajstić information content (AvgIpc) is 2.89. The fourth-order valence-corrected chi connectivity index (χ4v) is 2.90. The van der Waals surface area contributed by atoms with Crippen molar-refractivity contribution < 1.29 is 23.9 Å². The lowest BCUT2D eigenvalue weighted by Gasteiger charge is -2.33. The van der Waals surface area contributed by atoms with Gasteiger partial charge in [0.15, 0.2) is 5.78 Å². The minimum absolute atomic E-state index is 0.00691. The number of carbonyl (C=O) groups is 3. The Morgan fingerprint density at radius 3 is 2.75 bits per heavy atom. The van der Waals surface area contributed by atoms with Gasteiger partial charge < -0.3 is 9.47 Å². The van der Waals surface area contributed by atoms with Crippen molar-refractivity contribution in [2.24, 2.45) is 5.92 Å². The molecule has 2 heterocycles. The van der Waals surface area contributed by atoms with Crippen LogP contribution in [0.15, 0.2) is 36.4 Å². The third-order valence-electron chi connectivity index (χ3n) is 4.29. The van der Waals surface area contributed by atoms with Crippen LogP contribution < -0.4 is 4.74 Å². The van der Waals surface area contributed by atoms with Gasteiger partial charge in [0.2, 0.25) is 0 Å². The van der Waals surface area contributed by atoms with Gasteiger partial charge >= 0.3 is 0 Å². The van der Waals surface area contributed by atoms with E-state index in [-0.39, 0.29) is 29.6 Å². The summed E-state index contributed by atoms with van der Waals surface area (Å²) in [5, 5.41) is 0. The van der Waals surface area contributed by atoms with E-state index in [1.807, 2.05) is 0 Å². The number of benzene rings is 1. The summed E-state index contributed by atoms with van der Waals surface area (Å²) in [6, 6.07) is 6.98. The molecule has 1 fully saturated rings. The molecular formula is C18H19NO5. The van der Waals surface area contributed by atoms with E-state index < -0.39 is 0 Å². The second-order valence-corrected chi connectivity index (χ2v) is 5.98. The second kappa shape index (κ2) is 6.97. The molecule has 0 saturated carbocycles. The highest BCUT2D eigenvalue weighted by atomic mass is 16.5. The van der Waals surface area contributed by atoms with Crippen molar-refractivity contribution in [1.29, 1.82) is 0 Å². The molecule has 2 aliphatic heterocycles. The number of Topliss-reactive ketones (excluding diaryl/α,β-unsaturated/α-hetero) is 1. The van der Waals surface area contributed by atoms with Crippen LogP contribution >= 0.6 is 0 Å². The molecule has 0 aromatic heterocycles. The average molecular weight is 329 g/mol. The van der Waals surface area contributed by atoms with Crippen molar-refractivity contribution >= 4 is 17.6 Å². The molecule has 0 aliphatic carbocycles. The molecule has 2 unspecified atom stereocenters. The van der Waals surface area contributed by atoms with Gasteiger partial charge in [-0.15, -0.1) is 0 Å². The summed E-state index contributed by atoms with van der Waals surface area (Å²) in [7, 11) is 0. The monoisotopic (exact) mass is 329 g/mol. The van der Waals surface area contributed by atoms with Crippen molar-refractivity contribution in [3.63, 3.8) is 0 Å². The minimum Gasteiger partial charge on any atom is -0.488 e. The lowest BCUT2D eigenvalue weighted by molar-refractivity contribution is -0.139. The molecule has 2 aliphatic rings. The third-order valence-corrected chi connectivity index (χ3v) is 4.29. The van der Waals surface area contributed by atoms with Crippen LogP contribution in [0.5, 0.6) is 5.75 Å². The molecule has 2 atom stereocenters. The highest BCUT2D eigenvalue weighted by Gasteiger charge is 2.33. The number of ketones is 1. The first kappa shape index (κ1) is 16.4. The fraction of sp³-hybridized carbons (Fsp3) is 0.389. The Balaban J connectivity index is 1.70. The van der Waals surface area contributed by atoms with Crippen molar-refractivity contribution in [3.8, 4) is 5.75 Å². The normalized spacial score (nSPS) is 23.6. The summed E-state index contributed by atoms with van der Waals surface area (Å²) in [5.41, 5.74) is 0.579. The van der Waals surface area contributed by atoms with Gasteiger partial charge in [0.1, 0.15) is 11.9 Å². The summed E-state index contributed by atoms with van der Waals surface area (Å²) in [6.07, 6.45) is 3.00. The maximum absolute atomic E-state index is 11.8. The van der Waals surface area contributed by atoms with E-state index in [1.54, 1.807) is 24.3 Å². The predicted molar refractivity (Wildman–Crippen MR) is 85.6 cm³/mol. The Morgan fingerprint density at radius 2 is 2.04 bits per heavy atom. The Hall–Kier alpha value is -2.47. The summed E-state index contributed by atoms with van der Waals surface area (Å²) < 4.78 is 11.5. The van der Waals surface area contributed by atoms with Gasteiger partial charge in [0, 0.05) is 36.8 Å². The Kier molecular flexibility index (Phi) is 4.76. The van der Waals surface area contributed by atoms with Crippen LogP contribution in [-0.4, -0.2) is 48.4 Å². The molecular weight excluding hydrogens is 310 g/mol. The summed E-state index contributed by atoms with van der Waals surface area (Å²) >= 11 is 0. The van der Waals surface area contributed by atoms with Crippen molar-refractivity contribution in [3.05, 3.63) is 42.0 Å². The number of ether oxygens (including phenoxy) is 2. The zero-order chi connectivity index (χ0) is 17.1. The number of hydrogen-bond donors (Lipinski definition) is 0. The molecule has 3 rings (SSSR count). The van der Waals surface area contributed by atoms with E-state index in [9.17, 15) is 14.4 Å². The molecule has 1 aromatic rings. The summed E-state index contributed by atoms with van der Waals surface area (Å²) in [5.74, 6) is -0.0307. The number of hydrogen-bond acceptors (Lipinski definition) is 5. The number of carbonyl (C=O) groups excluding carboxylic acids is 3. The predicted octanol–water partition coefficient (Wildman–Crippen LogP) is 1.60. The molecule has 1 saturated heterocycles. The van der Waals surface area contributed by atoms with Crippen LogP contribution in [0.4, 0.5) is 0 Å². The van der Waals surface area contributed by atoms with Crippen LogP contribution in [-0.2, 0) is 14.3 Å². The number of amides is 2. The smallest absolute Gasteiger partial charge is 0.253 e. The molecule has 6 nitrogen and oxygen atoms in total. The van der Waals surface area contributed by atoms with Crippen LogP contribution in [0.3, 0.4) is 0 Å². The SMILES string of the molecule is CC(=O)c1cccc(OC2COCCC2CN2C(=O)C=CC2=O)c1. The molecule has 2 amide bonds. The molecule has 1 aromatic carbocycles. The van der Waals surface area contributed by atoms with Gasteiger partial charge in [-0.05, 0) is 25.5 Å². The largest absolute Gasteiger partial charge is 0.488 e. The lowest BCUT2D eigenvalue weighted by Crippen LogP contribution is -2.45. The Morgan fingerprint density at radius 1 is 1.29 bits per heavy atom. The Labute approximate surface area is 140 Å². The van der Waals surface area contributed by atoms with Crippen LogP contribution in [0.1, 0.15) is 23.7 Å². The van der Waals surface area contributed by atoms with E-state index in [0.717, 1.165) is 0 Å². The van der Waals surface area contributed by atoms with E-state index in [1.165, 1.54) is 24.0 Å². The first-order valence-corrected chi connectivity index (χ1v) is 7.93. The quantitative estimate of drug-likeness (QED) is 0.606. The highest BCUT2D eigenvalue weighted by Crippen LogP contribution is 2.24. The number of imide groups is 1. The third kappa shape index (κ3) is 3.54. The molecule has 0 bridgehead atoms. The second-order valence-electron chi connectivity index (χ2n) is 5.98.